The normalized spacial score (nSPS) is 26.3. The Labute approximate surface area is 126 Å². The number of nitrogens with two attached hydrogens (primary N) is 1. The zero-order valence-electron chi connectivity index (χ0n) is 12.8. The zero-order valence-corrected chi connectivity index (χ0v) is 12.8. The van der Waals surface area contributed by atoms with E-state index >= 15 is 0 Å². The number of carbonyl (C=O) groups excluding carboxylic acids is 1. The fraction of sp³-hybridized carbons (Fsp3) is 0.857. The van der Waals surface area contributed by atoms with E-state index in [9.17, 15) is 4.79 Å². The van der Waals surface area contributed by atoms with E-state index in [0.717, 1.165) is 51.5 Å². The van der Waals surface area contributed by atoms with E-state index in [-0.39, 0.29) is 5.91 Å². The van der Waals surface area contributed by atoms with Crippen molar-refractivity contribution in [3.05, 3.63) is 0 Å². The van der Waals surface area contributed by atoms with Crippen molar-refractivity contribution in [1.82, 2.24) is 15.6 Å². The molecule has 2 heterocycles. The van der Waals surface area contributed by atoms with Crippen LogP contribution in [0, 0.1) is 5.92 Å². The number of guanidine groups is 1. The maximum atomic E-state index is 11.4. The summed E-state index contributed by atoms with van der Waals surface area (Å²) >= 11 is 0. The minimum Gasteiger partial charge on any atom is -0.382 e. The van der Waals surface area contributed by atoms with Gasteiger partial charge in [-0.15, -0.1) is 0 Å². The van der Waals surface area contributed by atoms with E-state index in [1.165, 1.54) is 0 Å². The van der Waals surface area contributed by atoms with E-state index in [2.05, 4.69) is 20.6 Å². The average Bonchev–Trinajstić information content (AvgIpc) is 2.50. The Kier molecular flexibility index (Phi) is 6.25. The molecule has 2 aliphatic rings. The molecule has 0 aliphatic carbocycles. The van der Waals surface area contributed by atoms with Crippen LogP contribution in [0.15, 0.2) is 4.99 Å². The Balaban J connectivity index is 1.82. The van der Waals surface area contributed by atoms with Crippen LogP contribution in [0.4, 0.5) is 0 Å². The van der Waals surface area contributed by atoms with Crippen molar-refractivity contribution >= 4 is 11.9 Å². The summed E-state index contributed by atoms with van der Waals surface area (Å²) in [7, 11) is 0. The highest BCUT2D eigenvalue weighted by Gasteiger charge is 2.34. The smallest absolute Gasteiger partial charge is 0.220 e. The molecule has 7 heteroatoms. The second-order valence-corrected chi connectivity index (χ2v) is 5.61. The van der Waals surface area contributed by atoms with Crippen molar-refractivity contribution < 1.29 is 9.53 Å². The fourth-order valence-electron chi connectivity index (χ4n) is 3.04. The predicted molar refractivity (Wildman–Crippen MR) is 81.6 cm³/mol. The first-order valence-electron chi connectivity index (χ1n) is 7.87. The van der Waals surface area contributed by atoms with Gasteiger partial charge in [-0.3, -0.25) is 15.2 Å². The molecule has 0 bridgehead atoms. The van der Waals surface area contributed by atoms with Gasteiger partial charge in [-0.05, 0) is 32.1 Å². The number of hydrogen-bond acceptors (Lipinski definition) is 4. The van der Waals surface area contributed by atoms with Crippen molar-refractivity contribution in [2.45, 2.75) is 38.6 Å². The number of ether oxygens (including phenoxy) is 1. The molecule has 2 unspecified atom stereocenters. The Morgan fingerprint density at radius 1 is 1.57 bits per heavy atom. The summed E-state index contributed by atoms with van der Waals surface area (Å²) in [5, 5.41) is 3.09. The molecular weight excluding hydrogens is 270 g/mol. The summed E-state index contributed by atoms with van der Waals surface area (Å²) < 4.78 is 5.30. The van der Waals surface area contributed by atoms with E-state index in [1.54, 1.807) is 0 Å². The van der Waals surface area contributed by atoms with Crippen LogP contribution >= 0.6 is 0 Å². The number of amides is 1. The molecule has 2 aliphatic heterocycles. The van der Waals surface area contributed by atoms with Crippen LogP contribution in [0.1, 0.15) is 32.6 Å². The molecule has 2 atom stereocenters. The molecule has 0 aromatic carbocycles. The highest BCUT2D eigenvalue weighted by atomic mass is 16.5. The SMILES string of the molecule is CCOCCCN=C(NN)N1CCC2NC(=O)CCC2C1. The van der Waals surface area contributed by atoms with E-state index in [1.807, 2.05) is 6.92 Å². The van der Waals surface area contributed by atoms with Crippen LogP contribution in [0.2, 0.25) is 0 Å². The van der Waals surface area contributed by atoms with E-state index in [4.69, 9.17) is 10.6 Å². The molecular formula is C14H27N5O2. The van der Waals surface area contributed by atoms with Gasteiger partial charge in [0.05, 0.1) is 0 Å². The molecule has 7 nitrogen and oxygen atoms in total. The molecule has 2 saturated heterocycles. The van der Waals surface area contributed by atoms with Gasteiger partial charge in [0, 0.05) is 45.3 Å². The van der Waals surface area contributed by atoms with Crippen molar-refractivity contribution in [2.75, 3.05) is 32.8 Å². The first kappa shape index (κ1) is 16.0. The number of nitrogens with one attached hydrogen (secondary N) is 2. The Morgan fingerprint density at radius 2 is 2.43 bits per heavy atom. The largest absolute Gasteiger partial charge is 0.382 e. The van der Waals surface area contributed by atoms with Gasteiger partial charge < -0.3 is 15.0 Å². The molecule has 0 radical (unpaired) electrons. The number of fused-ring (bicyclic) bond motifs is 1. The molecule has 0 saturated carbocycles. The van der Waals surface area contributed by atoms with E-state index in [0.29, 0.717) is 24.9 Å². The molecule has 4 N–H and O–H groups in total. The zero-order chi connectivity index (χ0) is 15.1. The highest BCUT2D eigenvalue weighted by molar-refractivity contribution is 5.80. The second kappa shape index (κ2) is 8.19. The summed E-state index contributed by atoms with van der Waals surface area (Å²) in [5.41, 5.74) is 2.71. The Morgan fingerprint density at radius 3 is 3.19 bits per heavy atom. The Bertz CT molecular complexity index is 374. The molecule has 0 aromatic heterocycles. The molecule has 1 amide bonds. The van der Waals surface area contributed by atoms with Crippen molar-refractivity contribution in [3.63, 3.8) is 0 Å². The van der Waals surface area contributed by atoms with Crippen molar-refractivity contribution in [3.8, 4) is 0 Å². The monoisotopic (exact) mass is 297 g/mol. The summed E-state index contributed by atoms with van der Waals surface area (Å²) in [6, 6.07) is 0.319. The standard InChI is InChI=1S/C14H27N5O2/c1-2-21-9-3-7-16-14(18-15)19-8-6-12-11(10-19)4-5-13(20)17-12/h11-12H,2-10,15H2,1H3,(H,16,18)(H,17,20). The lowest BCUT2D eigenvalue weighted by Crippen LogP contribution is -2.57. The number of hydrogen-bond donors (Lipinski definition) is 3. The Hall–Kier alpha value is -1.34. The lowest BCUT2D eigenvalue weighted by molar-refractivity contribution is -0.125. The van der Waals surface area contributed by atoms with Gasteiger partial charge in [-0.25, -0.2) is 5.84 Å². The molecule has 0 spiro atoms. The van der Waals surface area contributed by atoms with Crippen LogP contribution in [0.3, 0.4) is 0 Å². The first-order valence-corrected chi connectivity index (χ1v) is 7.87. The lowest BCUT2D eigenvalue weighted by atomic mass is 9.85. The quantitative estimate of drug-likeness (QED) is 0.215. The van der Waals surface area contributed by atoms with Crippen LogP contribution < -0.4 is 16.6 Å². The first-order chi connectivity index (χ1) is 10.2. The van der Waals surface area contributed by atoms with Crippen LogP contribution in [0.25, 0.3) is 0 Å². The predicted octanol–water partition coefficient (Wildman–Crippen LogP) is -0.167. The second-order valence-electron chi connectivity index (χ2n) is 5.61. The molecule has 2 rings (SSSR count). The highest BCUT2D eigenvalue weighted by Crippen LogP contribution is 2.25. The number of nitrogens with zero attached hydrogens (tertiary/aromatic N) is 2. The lowest BCUT2D eigenvalue weighted by Gasteiger charge is -2.42. The van der Waals surface area contributed by atoms with Gasteiger partial charge in [0.15, 0.2) is 0 Å². The average molecular weight is 297 g/mol. The van der Waals surface area contributed by atoms with E-state index < -0.39 is 0 Å². The molecule has 0 aromatic rings. The number of likely N-dealkylation sites (tertiary alicyclic amines) is 1. The minimum atomic E-state index is 0.187. The van der Waals surface area contributed by atoms with Gasteiger partial charge >= 0.3 is 0 Å². The number of carbonyl (C=O) groups is 1. The summed E-state index contributed by atoms with van der Waals surface area (Å²) in [4.78, 5) is 18.1. The molecule has 2 fully saturated rings. The van der Waals surface area contributed by atoms with Crippen LogP contribution in [-0.4, -0.2) is 55.7 Å². The number of hydrazine groups is 1. The topological polar surface area (TPSA) is 92.0 Å². The maximum absolute atomic E-state index is 11.4. The maximum Gasteiger partial charge on any atom is 0.220 e. The fourth-order valence-corrected chi connectivity index (χ4v) is 3.04. The van der Waals surface area contributed by atoms with Gasteiger partial charge in [-0.2, -0.15) is 0 Å². The van der Waals surface area contributed by atoms with Crippen LogP contribution in [-0.2, 0) is 9.53 Å². The van der Waals surface area contributed by atoms with Gasteiger partial charge in [0.25, 0.3) is 0 Å². The molecule has 21 heavy (non-hydrogen) atoms. The van der Waals surface area contributed by atoms with Gasteiger partial charge in [0.1, 0.15) is 0 Å². The number of piperidine rings is 2. The third kappa shape index (κ3) is 4.57. The third-order valence-electron chi connectivity index (χ3n) is 4.16. The van der Waals surface area contributed by atoms with Crippen LogP contribution in [0.5, 0.6) is 0 Å². The summed E-state index contributed by atoms with van der Waals surface area (Å²) in [6.07, 6.45) is 3.44. The summed E-state index contributed by atoms with van der Waals surface area (Å²) in [5.74, 6) is 7.05. The number of aliphatic imine (C=N–C) groups is 1. The van der Waals surface area contributed by atoms with Crippen molar-refractivity contribution in [2.24, 2.45) is 16.8 Å². The summed E-state index contributed by atoms with van der Waals surface area (Å²) in [6.45, 7) is 5.95. The minimum absolute atomic E-state index is 0.187. The van der Waals surface area contributed by atoms with Crippen molar-refractivity contribution in [1.29, 1.82) is 0 Å². The third-order valence-corrected chi connectivity index (χ3v) is 4.16. The van der Waals surface area contributed by atoms with Gasteiger partial charge in [-0.1, -0.05) is 0 Å². The molecule has 120 valence electrons. The van der Waals surface area contributed by atoms with Gasteiger partial charge in [0.2, 0.25) is 11.9 Å². The number of rotatable bonds is 5.